The number of carboxylic acids is 1. The summed E-state index contributed by atoms with van der Waals surface area (Å²) in [6.45, 7) is 9.28. The fraction of sp³-hybridized carbons (Fsp3) is 0.292. The highest BCUT2D eigenvalue weighted by Gasteiger charge is 2.23. The standard InChI is InChI=1S/C24H28N2O2/c1-16-9-8-10-20(13-16)15-26-18(3)22(23(19(26)4)24(27)28)14-25-17(2)21-11-6-5-7-12-21/h5-13,17,25H,14-15H2,1-4H3,(H,27,28)/t17-/m0/s1. The molecule has 0 aliphatic rings. The fourth-order valence-electron chi connectivity index (χ4n) is 3.79. The zero-order chi connectivity index (χ0) is 20.3. The molecule has 146 valence electrons. The molecule has 0 bridgehead atoms. The fourth-order valence-corrected chi connectivity index (χ4v) is 3.79. The highest BCUT2D eigenvalue weighted by atomic mass is 16.4. The lowest BCUT2D eigenvalue weighted by atomic mass is 10.1. The second-order valence-electron chi connectivity index (χ2n) is 7.42. The van der Waals surface area contributed by atoms with Crippen molar-refractivity contribution in [2.45, 2.75) is 46.8 Å². The zero-order valence-electron chi connectivity index (χ0n) is 17.0. The Balaban J connectivity index is 1.89. The summed E-state index contributed by atoms with van der Waals surface area (Å²) in [5.41, 5.74) is 6.65. The topological polar surface area (TPSA) is 54.3 Å². The first-order chi connectivity index (χ1) is 13.4. The van der Waals surface area contributed by atoms with Gasteiger partial charge in [-0.25, -0.2) is 4.79 Å². The molecule has 4 nitrogen and oxygen atoms in total. The summed E-state index contributed by atoms with van der Waals surface area (Å²) in [5.74, 6) is -0.868. The first-order valence-electron chi connectivity index (χ1n) is 9.64. The summed E-state index contributed by atoms with van der Waals surface area (Å²) in [4.78, 5) is 12.0. The van der Waals surface area contributed by atoms with Crippen LogP contribution in [0.2, 0.25) is 0 Å². The first kappa shape index (κ1) is 19.9. The van der Waals surface area contributed by atoms with E-state index in [1.807, 2.05) is 38.1 Å². The molecule has 0 saturated carbocycles. The van der Waals surface area contributed by atoms with Crippen molar-refractivity contribution in [2.75, 3.05) is 0 Å². The average molecular weight is 377 g/mol. The largest absolute Gasteiger partial charge is 0.478 e. The molecule has 3 aromatic rings. The van der Waals surface area contributed by atoms with Crippen molar-refractivity contribution >= 4 is 5.97 Å². The number of hydrogen-bond donors (Lipinski definition) is 2. The number of aromatic carboxylic acids is 1. The van der Waals surface area contributed by atoms with E-state index in [4.69, 9.17) is 0 Å². The molecule has 1 heterocycles. The zero-order valence-corrected chi connectivity index (χ0v) is 17.0. The molecule has 0 saturated heterocycles. The van der Waals surface area contributed by atoms with Gasteiger partial charge in [-0.05, 0) is 38.8 Å². The molecule has 2 N–H and O–H groups in total. The molecule has 1 aromatic heterocycles. The molecule has 0 fully saturated rings. The number of nitrogens with one attached hydrogen (secondary N) is 1. The summed E-state index contributed by atoms with van der Waals surface area (Å²) in [6, 6.07) is 18.7. The Kier molecular flexibility index (Phi) is 6.00. The molecule has 4 heteroatoms. The van der Waals surface area contributed by atoms with Gasteiger partial charge in [-0.15, -0.1) is 0 Å². The van der Waals surface area contributed by atoms with Gasteiger partial charge in [0.1, 0.15) is 0 Å². The van der Waals surface area contributed by atoms with Crippen LogP contribution >= 0.6 is 0 Å². The molecule has 0 radical (unpaired) electrons. The van der Waals surface area contributed by atoms with E-state index < -0.39 is 5.97 Å². The monoisotopic (exact) mass is 376 g/mol. The van der Waals surface area contributed by atoms with E-state index in [0.717, 1.165) is 17.0 Å². The van der Waals surface area contributed by atoms with Crippen molar-refractivity contribution in [3.63, 3.8) is 0 Å². The lowest BCUT2D eigenvalue weighted by Gasteiger charge is -2.15. The molecule has 28 heavy (non-hydrogen) atoms. The highest BCUT2D eigenvalue weighted by Crippen LogP contribution is 2.25. The van der Waals surface area contributed by atoms with Crippen molar-refractivity contribution in [2.24, 2.45) is 0 Å². The molecular formula is C24H28N2O2. The van der Waals surface area contributed by atoms with E-state index in [2.05, 4.69) is 54.1 Å². The van der Waals surface area contributed by atoms with Gasteiger partial charge in [-0.2, -0.15) is 0 Å². The van der Waals surface area contributed by atoms with Crippen LogP contribution in [-0.4, -0.2) is 15.6 Å². The number of carbonyl (C=O) groups is 1. The smallest absolute Gasteiger partial charge is 0.337 e. The van der Waals surface area contributed by atoms with Crippen LogP contribution in [0, 0.1) is 20.8 Å². The quantitative estimate of drug-likeness (QED) is 0.609. The number of rotatable bonds is 7. The summed E-state index contributed by atoms with van der Waals surface area (Å²) in [7, 11) is 0. The van der Waals surface area contributed by atoms with Gasteiger partial charge in [-0.3, -0.25) is 0 Å². The van der Waals surface area contributed by atoms with Crippen molar-refractivity contribution in [1.29, 1.82) is 0 Å². The Morgan fingerprint density at radius 3 is 2.39 bits per heavy atom. The maximum Gasteiger partial charge on any atom is 0.337 e. The van der Waals surface area contributed by atoms with Crippen molar-refractivity contribution in [1.82, 2.24) is 9.88 Å². The van der Waals surface area contributed by atoms with Crippen LogP contribution in [0.3, 0.4) is 0 Å². The van der Waals surface area contributed by atoms with Gasteiger partial charge in [0, 0.05) is 36.1 Å². The normalized spacial score (nSPS) is 12.1. The van der Waals surface area contributed by atoms with Crippen LogP contribution in [0.1, 0.15) is 57.0 Å². The van der Waals surface area contributed by atoms with E-state index in [9.17, 15) is 9.90 Å². The predicted octanol–water partition coefficient (Wildman–Crippen LogP) is 5.01. The van der Waals surface area contributed by atoms with Gasteiger partial charge in [0.2, 0.25) is 0 Å². The Morgan fingerprint density at radius 1 is 1.04 bits per heavy atom. The molecule has 0 spiro atoms. The maximum atomic E-state index is 12.0. The predicted molar refractivity (Wildman–Crippen MR) is 113 cm³/mol. The Bertz CT molecular complexity index is 974. The summed E-state index contributed by atoms with van der Waals surface area (Å²) in [5, 5.41) is 13.3. The van der Waals surface area contributed by atoms with Gasteiger partial charge >= 0.3 is 5.97 Å². The van der Waals surface area contributed by atoms with Crippen molar-refractivity contribution in [3.05, 3.63) is 93.8 Å². The highest BCUT2D eigenvalue weighted by molar-refractivity contribution is 5.91. The summed E-state index contributed by atoms with van der Waals surface area (Å²) >= 11 is 0. The van der Waals surface area contributed by atoms with Crippen LogP contribution in [0.5, 0.6) is 0 Å². The molecule has 0 amide bonds. The van der Waals surface area contributed by atoms with Crippen LogP contribution in [0.15, 0.2) is 54.6 Å². The number of carboxylic acid groups (broad SMARTS) is 1. The first-order valence-corrected chi connectivity index (χ1v) is 9.64. The Hall–Kier alpha value is -2.85. The van der Waals surface area contributed by atoms with Gasteiger partial charge in [0.25, 0.3) is 0 Å². The Labute approximate surface area is 166 Å². The number of aromatic nitrogens is 1. The molecule has 0 aliphatic heterocycles. The second-order valence-corrected chi connectivity index (χ2v) is 7.42. The van der Waals surface area contributed by atoms with Gasteiger partial charge in [0.05, 0.1) is 5.56 Å². The molecule has 2 aromatic carbocycles. The molecule has 1 atom stereocenters. The number of aryl methyl sites for hydroxylation is 1. The van der Waals surface area contributed by atoms with E-state index in [1.165, 1.54) is 16.7 Å². The van der Waals surface area contributed by atoms with Crippen LogP contribution < -0.4 is 5.32 Å². The van der Waals surface area contributed by atoms with Crippen LogP contribution in [-0.2, 0) is 13.1 Å². The number of nitrogens with zero attached hydrogens (tertiary/aromatic N) is 1. The van der Waals surface area contributed by atoms with Gasteiger partial charge < -0.3 is 15.0 Å². The summed E-state index contributed by atoms with van der Waals surface area (Å²) < 4.78 is 2.11. The van der Waals surface area contributed by atoms with Crippen LogP contribution in [0.4, 0.5) is 0 Å². The second kappa shape index (κ2) is 8.44. The SMILES string of the molecule is Cc1cccc(Cn2c(C)c(CN[C@@H](C)c3ccccc3)c(C(=O)O)c2C)c1. The third kappa shape index (κ3) is 4.18. The maximum absolute atomic E-state index is 12.0. The van der Waals surface area contributed by atoms with Crippen molar-refractivity contribution in [3.8, 4) is 0 Å². The van der Waals surface area contributed by atoms with E-state index in [0.29, 0.717) is 18.7 Å². The Morgan fingerprint density at radius 2 is 1.75 bits per heavy atom. The van der Waals surface area contributed by atoms with E-state index >= 15 is 0 Å². The minimum atomic E-state index is -0.868. The lowest BCUT2D eigenvalue weighted by molar-refractivity contribution is 0.0694. The van der Waals surface area contributed by atoms with Gasteiger partial charge in [0.15, 0.2) is 0 Å². The van der Waals surface area contributed by atoms with E-state index in [-0.39, 0.29) is 6.04 Å². The van der Waals surface area contributed by atoms with Crippen LogP contribution in [0.25, 0.3) is 0 Å². The number of benzene rings is 2. The molecule has 0 unspecified atom stereocenters. The molecular weight excluding hydrogens is 348 g/mol. The van der Waals surface area contributed by atoms with E-state index in [1.54, 1.807) is 0 Å². The van der Waals surface area contributed by atoms with Gasteiger partial charge in [-0.1, -0.05) is 60.2 Å². The number of hydrogen-bond acceptors (Lipinski definition) is 2. The van der Waals surface area contributed by atoms with Crippen molar-refractivity contribution < 1.29 is 9.90 Å². The minimum absolute atomic E-state index is 0.141. The lowest BCUT2D eigenvalue weighted by Crippen LogP contribution is -2.19. The third-order valence-electron chi connectivity index (χ3n) is 5.43. The minimum Gasteiger partial charge on any atom is -0.478 e. The molecule has 3 rings (SSSR count). The average Bonchev–Trinajstić information content (AvgIpc) is 2.91. The molecule has 0 aliphatic carbocycles. The summed E-state index contributed by atoms with van der Waals surface area (Å²) in [6.07, 6.45) is 0. The third-order valence-corrected chi connectivity index (χ3v) is 5.43.